The van der Waals surface area contributed by atoms with Gasteiger partial charge >= 0.3 is 6.36 Å². The molecule has 0 unspecified atom stereocenters. The standard InChI is InChI=1S/C26H38F4O2/c1-2-3-4-5-6-19-7-11-21(12-8-19)22-13-9-20(10-14-22)18-31-23-15-16-25(24(27)17-23)32-26(28,29)30/h15-17,19-22H,2-14,18H2,1H3/t19-,20?,21-,22?. The van der Waals surface area contributed by atoms with E-state index in [0.29, 0.717) is 12.5 Å². The first-order valence-corrected chi connectivity index (χ1v) is 12.5. The lowest BCUT2D eigenvalue weighted by molar-refractivity contribution is -0.275. The van der Waals surface area contributed by atoms with Gasteiger partial charge in [-0.15, -0.1) is 13.2 Å². The highest BCUT2D eigenvalue weighted by Gasteiger charge is 2.33. The molecule has 0 aliphatic heterocycles. The van der Waals surface area contributed by atoms with E-state index in [1.807, 2.05) is 0 Å². The van der Waals surface area contributed by atoms with Gasteiger partial charge < -0.3 is 9.47 Å². The van der Waals surface area contributed by atoms with Crippen LogP contribution in [0.3, 0.4) is 0 Å². The van der Waals surface area contributed by atoms with Crippen molar-refractivity contribution >= 4 is 0 Å². The zero-order chi connectivity index (χ0) is 23.0. The number of alkyl halides is 3. The molecular formula is C26H38F4O2. The van der Waals surface area contributed by atoms with Crippen molar-refractivity contribution in [2.45, 2.75) is 96.8 Å². The van der Waals surface area contributed by atoms with E-state index in [0.717, 1.165) is 42.7 Å². The molecule has 6 heteroatoms. The van der Waals surface area contributed by atoms with Crippen molar-refractivity contribution in [2.75, 3.05) is 6.61 Å². The first-order chi connectivity index (χ1) is 15.3. The Kier molecular flexibility index (Phi) is 9.54. The summed E-state index contributed by atoms with van der Waals surface area (Å²) in [6.07, 6.45) is 12.2. The molecule has 0 amide bonds. The van der Waals surface area contributed by atoms with Gasteiger partial charge in [0, 0.05) is 6.07 Å². The average molecular weight is 459 g/mol. The molecule has 0 aromatic heterocycles. The van der Waals surface area contributed by atoms with Crippen LogP contribution in [-0.2, 0) is 0 Å². The third-order valence-electron chi connectivity index (χ3n) is 7.53. The van der Waals surface area contributed by atoms with E-state index in [9.17, 15) is 17.6 Å². The van der Waals surface area contributed by atoms with Crippen molar-refractivity contribution in [2.24, 2.45) is 23.7 Å². The first kappa shape index (κ1) is 25.2. The molecule has 0 bridgehead atoms. The fraction of sp³-hybridized carbons (Fsp3) is 0.769. The summed E-state index contributed by atoms with van der Waals surface area (Å²) in [6.45, 7) is 2.75. The van der Waals surface area contributed by atoms with Gasteiger partial charge in [0.1, 0.15) is 5.75 Å². The van der Waals surface area contributed by atoms with E-state index in [1.165, 1.54) is 76.7 Å². The van der Waals surface area contributed by atoms with Crippen LogP contribution in [0.4, 0.5) is 17.6 Å². The number of halogens is 4. The van der Waals surface area contributed by atoms with Gasteiger partial charge in [0.05, 0.1) is 6.61 Å². The molecule has 2 saturated carbocycles. The molecule has 1 aromatic rings. The third-order valence-corrected chi connectivity index (χ3v) is 7.53. The largest absolute Gasteiger partial charge is 0.573 e. The number of hydrogen-bond donors (Lipinski definition) is 0. The number of rotatable bonds is 10. The van der Waals surface area contributed by atoms with Crippen LogP contribution in [0.1, 0.15) is 90.4 Å². The summed E-state index contributed by atoms with van der Waals surface area (Å²) in [7, 11) is 0. The van der Waals surface area contributed by atoms with E-state index < -0.39 is 17.9 Å². The molecule has 2 fully saturated rings. The van der Waals surface area contributed by atoms with Crippen LogP contribution in [0.5, 0.6) is 11.5 Å². The molecule has 0 N–H and O–H groups in total. The lowest BCUT2D eigenvalue weighted by Crippen LogP contribution is -2.27. The maximum atomic E-state index is 13.8. The van der Waals surface area contributed by atoms with Gasteiger partial charge in [-0.25, -0.2) is 4.39 Å². The van der Waals surface area contributed by atoms with Crippen molar-refractivity contribution in [1.82, 2.24) is 0 Å². The Morgan fingerprint density at radius 2 is 1.47 bits per heavy atom. The second-order valence-corrected chi connectivity index (χ2v) is 9.86. The van der Waals surface area contributed by atoms with Crippen LogP contribution < -0.4 is 9.47 Å². The number of unbranched alkanes of at least 4 members (excludes halogenated alkanes) is 3. The number of ether oxygens (including phenoxy) is 2. The predicted molar refractivity (Wildman–Crippen MR) is 118 cm³/mol. The van der Waals surface area contributed by atoms with Gasteiger partial charge in [0.15, 0.2) is 11.6 Å². The lowest BCUT2D eigenvalue weighted by Gasteiger charge is -2.38. The van der Waals surface area contributed by atoms with Crippen LogP contribution in [0.2, 0.25) is 0 Å². The fourth-order valence-corrected chi connectivity index (χ4v) is 5.63. The predicted octanol–water partition coefficient (Wildman–Crippen LogP) is 8.69. The molecular weight excluding hydrogens is 420 g/mol. The van der Waals surface area contributed by atoms with Crippen molar-refractivity contribution in [1.29, 1.82) is 0 Å². The summed E-state index contributed by atoms with van der Waals surface area (Å²) >= 11 is 0. The molecule has 0 heterocycles. The zero-order valence-electron chi connectivity index (χ0n) is 19.3. The Hall–Kier alpha value is -1.46. The fourth-order valence-electron chi connectivity index (χ4n) is 5.63. The van der Waals surface area contributed by atoms with Crippen molar-refractivity contribution in [3.05, 3.63) is 24.0 Å². The quantitative estimate of drug-likeness (QED) is 0.258. The summed E-state index contributed by atoms with van der Waals surface area (Å²) in [4.78, 5) is 0. The summed E-state index contributed by atoms with van der Waals surface area (Å²) < 4.78 is 59.9. The Labute approximate surface area is 190 Å². The molecule has 0 saturated heterocycles. The summed E-state index contributed by atoms with van der Waals surface area (Å²) in [6, 6.07) is 3.26. The molecule has 2 aliphatic rings. The van der Waals surface area contributed by atoms with Gasteiger partial charge in [0.25, 0.3) is 0 Å². The molecule has 3 rings (SSSR count). The highest BCUT2D eigenvalue weighted by Crippen LogP contribution is 2.42. The molecule has 1 aromatic carbocycles. The normalized spacial score (nSPS) is 26.7. The van der Waals surface area contributed by atoms with Gasteiger partial charge in [-0.2, -0.15) is 0 Å². The van der Waals surface area contributed by atoms with E-state index in [1.54, 1.807) is 0 Å². The zero-order valence-corrected chi connectivity index (χ0v) is 19.3. The highest BCUT2D eigenvalue weighted by atomic mass is 19.4. The second kappa shape index (κ2) is 12.1. The second-order valence-electron chi connectivity index (χ2n) is 9.86. The van der Waals surface area contributed by atoms with Gasteiger partial charge in [-0.3, -0.25) is 0 Å². The highest BCUT2D eigenvalue weighted by molar-refractivity contribution is 5.33. The lowest BCUT2D eigenvalue weighted by atomic mass is 9.69. The monoisotopic (exact) mass is 458 g/mol. The maximum absolute atomic E-state index is 13.8. The summed E-state index contributed by atoms with van der Waals surface area (Å²) in [5, 5.41) is 0. The minimum absolute atomic E-state index is 0.247. The minimum Gasteiger partial charge on any atom is -0.493 e. The van der Waals surface area contributed by atoms with Crippen molar-refractivity contribution in [3.8, 4) is 11.5 Å². The minimum atomic E-state index is -4.91. The topological polar surface area (TPSA) is 18.5 Å². The van der Waals surface area contributed by atoms with Gasteiger partial charge in [-0.1, -0.05) is 51.9 Å². The third kappa shape index (κ3) is 8.15. The average Bonchev–Trinajstić information content (AvgIpc) is 2.77. The molecule has 182 valence electrons. The number of benzene rings is 1. The maximum Gasteiger partial charge on any atom is 0.573 e. The molecule has 0 atom stereocenters. The molecule has 0 radical (unpaired) electrons. The SMILES string of the molecule is CCCCCC[C@H]1CC[C@H](C2CCC(COc3ccc(OC(F)(F)F)c(F)c3)CC2)CC1. The Balaban J connectivity index is 1.34. The van der Waals surface area contributed by atoms with Crippen molar-refractivity contribution < 1.29 is 27.0 Å². The Bertz CT molecular complexity index is 675. The Morgan fingerprint density at radius 1 is 0.844 bits per heavy atom. The van der Waals surface area contributed by atoms with Gasteiger partial charge in [0.2, 0.25) is 0 Å². The van der Waals surface area contributed by atoms with Crippen LogP contribution in [0, 0.1) is 29.5 Å². The molecule has 2 nitrogen and oxygen atoms in total. The van der Waals surface area contributed by atoms with Crippen LogP contribution in [0.25, 0.3) is 0 Å². The van der Waals surface area contributed by atoms with E-state index in [2.05, 4.69) is 11.7 Å². The summed E-state index contributed by atoms with van der Waals surface area (Å²) in [5.74, 6) is 1.42. The molecule has 32 heavy (non-hydrogen) atoms. The smallest absolute Gasteiger partial charge is 0.493 e. The molecule has 0 spiro atoms. The van der Waals surface area contributed by atoms with Crippen LogP contribution in [-0.4, -0.2) is 13.0 Å². The molecule has 2 aliphatic carbocycles. The van der Waals surface area contributed by atoms with Crippen LogP contribution in [0.15, 0.2) is 18.2 Å². The van der Waals surface area contributed by atoms with Gasteiger partial charge in [-0.05, 0) is 74.3 Å². The van der Waals surface area contributed by atoms with E-state index in [-0.39, 0.29) is 5.75 Å². The Morgan fingerprint density at radius 3 is 2.03 bits per heavy atom. The van der Waals surface area contributed by atoms with Crippen LogP contribution >= 0.6 is 0 Å². The number of hydrogen-bond acceptors (Lipinski definition) is 2. The van der Waals surface area contributed by atoms with Crippen molar-refractivity contribution in [3.63, 3.8) is 0 Å². The van der Waals surface area contributed by atoms with E-state index in [4.69, 9.17) is 4.74 Å². The van der Waals surface area contributed by atoms with E-state index >= 15 is 0 Å². The summed E-state index contributed by atoms with van der Waals surface area (Å²) in [5.41, 5.74) is 0. The first-order valence-electron chi connectivity index (χ1n) is 12.5.